The maximum Gasteiger partial charge on any atom is 0.255 e. The summed E-state index contributed by atoms with van der Waals surface area (Å²) in [6, 6.07) is 12.2. The Hall–Kier alpha value is -3.68. The van der Waals surface area contributed by atoms with Crippen molar-refractivity contribution in [1.82, 2.24) is 20.2 Å². The third kappa shape index (κ3) is 4.83. The van der Waals surface area contributed by atoms with Crippen LogP contribution in [0.5, 0.6) is 5.75 Å². The van der Waals surface area contributed by atoms with E-state index in [-0.39, 0.29) is 12.1 Å². The van der Waals surface area contributed by atoms with Crippen LogP contribution in [-0.4, -0.2) is 34.5 Å². The molecule has 1 aromatic heterocycles. The number of carbonyl (C=O) groups excluding carboxylic acids is 2. The zero-order valence-electron chi connectivity index (χ0n) is 16.8. The van der Waals surface area contributed by atoms with E-state index in [2.05, 4.69) is 15.6 Å². The molecule has 0 aliphatic carbocycles. The van der Waals surface area contributed by atoms with Crippen molar-refractivity contribution in [1.29, 1.82) is 0 Å². The Balaban J connectivity index is 1.72. The van der Waals surface area contributed by atoms with Crippen LogP contribution in [0.25, 0.3) is 0 Å². The molecular weight excluding hydrogens is 387 g/mol. The Labute approximate surface area is 173 Å². The minimum atomic E-state index is -0.800. The largest absolute Gasteiger partial charge is 0.493 e. The van der Waals surface area contributed by atoms with Gasteiger partial charge in [-0.3, -0.25) is 9.59 Å². The van der Waals surface area contributed by atoms with Gasteiger partial charge in [0, 0.05) is 25.0 Å². The van der Waals surface area contributed by atoms with E-state index in [4.69, 9.17) is 4.74 Å². The molecule has 156 valence electrons. The first kappa shape index (κ1) is 21.0. The van der Waals surface area contributed by atoms with Crippen molar-refractivity contribution < 1.29 is 18.7 Å². The molecule has 30 heavy (non-hydrogen) atoms. The Morgan fingerprint density at radius 1 is 1.17 bits per heavy atom. The second-order valence-electron chi connectivity index (χ2n) is 6.53. The number of imidazole rings is 1. The normalized spacial score (nSPS) is 11.6. The van der Waals surface area contributed by atoms with Crippen molar-refractivity contribution >= 4 is 11.8 Å². The number of benzene rings is 2. The summed E-state index contributed by atoms with van der Waals surface area (Å²) in [4.78, 5) is 29.3. The van der Waals surface area contributed by atoms with E-state index in [1.807, 2.05) is 6.92 Å². The number of nitrogens with zero attached hydrogens (tertiary/aromatic N) is 2. The molecule has 0 fully saturated rings. The minimum absolute atomic E-state index is 0.283. The van der Waals surface area contributed by atoms with E-state index in [1.165, 1.54) is 6.07 Å². The maximum atomic E-state index is 14.4. The molecule has 3 rings (SSSR count). The van der Waals surface area contributed by atoms with Crippen LogP contribution < -0.4 is 15.4 Å². The van der Waals surface area contributed by atoms with Gasteiger partial charge in [0.05, 0.1) is 18.7 Å². The summed E-state index contributed by atoms with van der Waals surface area (Å²) in [5.74, 6) is -0.459. The molecule has 0 saturated heterocycles. The summed E-state index contributed by atoms with van der Waals surface area (Å²) in [5.41, 5.74) is 0.620. The highest BCUT2D eigenvalue weighted by molar-refractivity contribution is 5.98. The number of halogens is 1. The van der Waals surface area contributed by atoms with Gasteiger partial charge in [0.2, 0.25) is 5.91 Å². The second kappa shape index (κ2) is 9.69. The van der Waals surface area contributed by atoms with Gasteiger partial charge >= 0.3 is 0 Å². The van der Waals surface area contributed by atoms with E-state index in [0.29, 0.717) is 23.7 Å². The predicted octanol–water partition coefficient (Wildman–Crippen LogP) is 2.59. The molecule has 1 heterocycles. The zero-order chi connectivity index (χ0) is 21.5. The first-order chi connectivity index (χ1) is 14.5. The average molecular weight is 410 g/mol. The number of carbonyl (C=O) groups is 2. The van der Waals surface area contributed by atoms with Gasteiger partial charge in [-0.05, 0) is 25.1 Å². The van der Waals surface area contributed by atoms with E-state index in [1.54, 1.807) is 66.5 Å². The Morgan fingerprint density at radius 3 is 2.60 bits per heavy atom. The average Bonchev–Trinajstić information content (AvgIpc) is 3.17. The number of ether oxygens (including phenoxy) is 1. The maximum absolute atomic E-state index is 14.4. The molecule has 0 radical (unpaired) electrons. The molecule has 0 spiro atoms. The van der Waals surface area contributed by atoms with Gasteiger partial charge in [0.1, 0.15) is 23.4 Å². The quantitative estimate of drug-likeness (QED) is 0.598. The highest BCUT2D eigenvalue weighted by Crippen LogP contribution is 2.23. The third-order valence-electron chi connectivity index (χ3n) is 4.48. The third-order valence-corrected chi connectivity index (χ3v) is 4.48. The van der Waals surface area contributed by atoms with Gasteiger partial charge < -0.3 is 19.9 Å². The molecule has 0 saturated carbocycles. The fourth-order valence-electron chi connectivity index (χ4n) is 3.05. The van der Waals surface area contributed by atoms with E-state index in [0.717, 1.165) is 0 Å². The highest BCUT2D eigenvalue weighted by Gasteiger charge is 2.24. The lowest BCUT2D eigenvalue weighted by Crippen LogP contribution is -2.40. The van der Waals surface area contributed by atoms with Crippen LogP contribution in [0.2, 0.25) is 0 Å². The number of rotatable bonds is 8. The van der Waals surface area contributed by atoms with Gasteiger partial charge in [-0.1, -0.05) is 30.3 Å². The first-order valence-corrected chi connectivity index (χ1v) is 9.52. The van der Waals surface area contributed by atoms with Crippen LogP contribution in [0.4, 0.5) is 4.39 Å². The number of hydrogen-bond acceptors (Lipinski definition) is 4. The molecular formula is C22H23FN4O3. The molecule has 1 atom stereocenters. The van der Waals surface area contributed by atoms with Crippen molar-refractivity contribution in [3.63, 3.8) is 0 Å². The summed E-state index contributed by atoms with van der Waals surface area (Å²) < 4.78 is 21.5. The summed E-state index contributed by atoms with van der Waals surface area (Å²) in [6.45, 7) is 1.95. The lowest BCUT2D eigenvalue weighted by atomic mass is 10.1. The number of aromatic nitrogens is 2. The summed E-state index contributed by atoms with van der Waals surface area (Å²) in [6.07, 6.45) is 3.28. The molecule has 0 aliphatic rings. The number of para-hydroxylation sites is 1. The van der Waals surface area contributed by atoms with Crippen LogP contribution in [0.3, 0.4) is 0 Å². The fraction of sp³-hybridized carbons (Fsp3) is 0.227. The van der Waals surface area contributed by atoms with E-state index < -0.39 is 23.7 Å². The monoisotopic (exact) mass is 410 g/mol. The molecule has 2 aromatic carbocycles. The molecule has 0 aliphatic heterocycles. The SMILES string of the molecule is CCOc1ccccc1C(=O)NCC(=O)N[C@@H](c1ccccc1F)c1nccn1C. The molecule has 7 nitrogen and oxygen atoms in total. The van der Waals surface area contributed by atoms with Crippen molar-refractivity contribution in [2.75, 3.05) is 13.2 Å². The summed E-state index contributed by atoms with van der Waals surface area (Å²) >= 11 is 0. The summed E-state index contributed by atoms with van der Waals surface area (Å²) in [7, 11) is 1.76. The van der Waals surface area contributed by atoms with Gasteiger partial charge in [0.25, 0.3) is 5.91 Å². The van der Waals surface area contributed by atoms with Crippen LogP contribution in [0, 0.1) is 5.82 Å². The zero-order valence-corrected chi connectivity index (χ0v) is 16.8. The van der Waals surface area contributed by atoms with Crippen molar-refractivity contribution in [3.05, 3.63) is 83.7 Å². The standard InChI is InChI=1S/C22H23FN4O3/c1-3-30-18-11-7-5-9-16(18)22(29)25-14-19(28)26-20(21-24-12-13-27(21)2)15-8-4-6-10-17(15)23/h4-13,20H,3,14H2,1-2H3,(H,25,29)(H,26,28)/t20-/m0/s1. The molecule has 2 amide bonds. The predicted molar refractivity (Wildman–Crippen MR) is 110 cm³/mol. The second-order valence-corrected chi connectivity index (χ2v) is 6.53. The molecule has 2 N–H and O–H groups in total. The lowest BCUT2D eigenvalue weighted by molar-refractivity contribution is -0.120. The number of hydrogen-bond donors (Lipinski definition) is 2. The summed E-state index contributed by atoms with van der Waals surface area (Å²) in [5, 5.41) is 5.33. The van der Waals surface area contributed by atoms with Gasteiger partial charge in [0.15, 0.2) is 0 Å². The van der Waals surface area contributed by atoms with Crippen LogP contribution in [-0.2, 0) is 11.8 Å². The van der Waals surface area contributed by atoms with Crippen LogP contribution in [0.15, 0.2) is 60.9 Å². The Morgan fingerprint density at radius 2 is 1.90 bits per heavy atom. The van der Waals surface area contributed by atoms with Gasteiger partial charge in [-0.15, -0.1) is 0 Å². The Bertz CT molecular complexity index is 1030. The van der Waals surface area contributed by atoms with E-state index in [9.17, 15) is 14.0 Å². The number of amides is 2. The van der Waals surface area contributed by atoms with Crippen LogP contribution >= 0.6 is 0 Å². The minimum Gasteiger partial charge on any atom is -0.493 e. The first-order valence-electron chi connectivity index (χ1n) is 9.52. The molecule has 0 bridgehead atoms. The topological polar surface area (TPSA) is 85.2 Å². The smallest absolute Gasteiger partial charge is 0.255 e. The fourth-order valence-corrected chi connectivity index (χ4v) is 3.05. The van der Waals surface area contributed by atoms with Gasteiger partial charge in [-0.25, -0.2) is 9.37 Å². The molecule has 8 heteroatoms. The Kier molecular flexibility index (Phi) is 6.79. The number of nitrogens with one attached hydrogen (secondary N) is 2. The highest BCUT2D eigenvalue weighted by atomic mass is 19.1. The molecule has 3 aromatic rings. The van der Waals surface area contributed by atoms with Crippen molar-refractivity contribution in [3.8, 4) is 5.75 Å². The van der Waals surface area contributed by atoms with Crippen molar-refractivity contribution in [2.24, 2.45) is 7.05 Å². The van der Waals surface area contributed by atoms with E-state index >= 15 is 0 Å². The number of aryl methyl sites for hydroxylation is 1. The van der Waals surface area contributed by atoms with Crippen molar-refractivity contribution in [2.45, 2.75) is 13.0 Å². The lowest BCUT2D eigenvalue weighted by Gasteiger charge is -2.20. The van der Waals surface area contributed by atoms with Gasteiger partial charge in [-0.2, -0.15) is 0 Å². The van der Waals surface area contributed by atoms with Crippen LogP contribution in [0.1, 0.15) is 34.7 Å². The molecule has 0 unspecified atom stereocenters.